The Kier molecular flexibility index (Phi) is 4.94. The van der Waals surface area contributed by atoms with E-state index in [1.165, 1.54) is 21.7 Å². The summed E-state index contributed by atoms with van der Waals surface area (Å²) in [6.45, 7) is 1.71. The number of halogens is 3. The normalized spacial score (nSPS) is 22.5. The summed E-state index contributed by atoms with van der Waals surface area (Å²) in [6.07, 6.45) is -1.12. The summed E-state index contributed by atoms with van der Waals surface area (Å²) in [5, 5.41) is 25.8. The maximum atomic E-state index is 14.8. The van der Waals surface area contributed by atoms with Crippen molar-refractivity contribution in [2.24, 2.45) is 0 Å². The zero-order chi connectivity index (χ0) is 21.6. The smallest absolute Gasteiger partial charge is 0.322 e. The maximum absolute atomic E-state index is 14.8. The van der Waals surface area contributed by atoms with Gasteiger partial charge in [-0.2, -0.15) is 19.1 Å². The lowest BCUT2D eigenvalue weighted by molar-refractivity contribution is -0.0250. The van der Waals surface area contributed by atoms with Crippen molar-refractivity contribution in [2.45, 2.75) is 57.3 Å². The number of alkyl halides is 2. The van der Waals surface area contributed by atoms with E-state index in [-0.39, 0.29) is 42.5 Å². The molecule has 1 aromatic heterocycles. The van der Waals surface area contributed by atoms with E-state index in [0.29, 0.717) is 17.7 Å². The third kappa shape index (κ3) is 3.50. The van der Waals surface area contributed by atoms with Gasteiger partial charge in [0.15, 0.2) is 0 Å². The van der Waals surface area contributed by atoms with Crippen LogP contribution in [0.2, 0.25) is 0 Å². The molecule has 2 aromatic rings. The molecule has 0 bridgehead atoms. The molecule has 2 aliphatic heterocycles. The molecular formula is C20H20F3N5O2. The number of aliphatic hydroxyl groups excluding tert-OH is 1. The Morgan fingerprint density at radius 2 is 2.20 bits per heavy atom. The summed E-state index contributed by atoms with van der Waals surface area (Å²) in [5.41, 5.74) is 0.593. The van der Waals surface area contributed by atoms with Gasteiger partial charge < -0.3 is 15.3 Å². The van der Waals surface area contributed by atoms with Crippen LogP contribution in [-0.4, -0.2) is 38.0 Å². The van der Waals surface area contributed by atoms with Crippen LogP contribution in [0.25, 0.3) is 0 Å². The summed E-state index contributed by atoms with van der Waals surface area (Å²) in [4.78, 5) is 14.2. The number of nitrogens with zero attached hydrogens (tertiary/aromatic N) is 4. The molecule has 2 N–H and O–H groups in total. The van der Waals surface area contributed by atoms with Crippen LogP contribution in [-0.2, 0) is 25.4 Å². The van der Waals surface area contributed by atoms with Gasteiger partial charge in [0.2, 0.25) is 0 Å². The van der Waals surface area contributed by atoms with E-state index in [1.807, 2.05) is 0 Å². The molecule has 7 nitrogen and oxygen atoms in total. The lowest BCUT2D eigenvalue weighted by Gasteiger charge is -2.33. The van der Waals surface area contributed by atoms with Crippen molar-refractivity contribution in [2.75, 3.05) is 5.32 Å². The largest absolute Gasteiger partial charge is 0.391 e. The van der Waals surface area contributed by atoms with E-state index < -0.39 is 30.3 Å². The zero-order valence-electron chi connectivity index (χ0n) is 16.2. The number of carbonyl (C=O) groups excluding carboxylic acids is 1. The number of anilines is 1. The Balaban J connectivity index is 1.62. The van der Waals surface area contributed by atoms with Gasteiger partial charge in [0.25, 0.3) is 5.92 Å². The second-order valence-electron chi connectivity index (χ2n) is 7.77. The number of nitriles is 1. The first kappa shape index (κ1) is 20.2. The van der Waals surface area contributed by atoms with Gasteiger partial charge in [-0.25, -0.2) is 9.18 Å². The van der Waals surface area contributed by atoms with Gasteiger partial charge in [-0.05, 0) is 31.5 Å². The van der Waals surface area contributed by atoms with Crippen LogP contribution < -0.4 is 5.32 Å². The highest BCUT2D eigenvalue weighted by Gasteiger charge is 2.44. The van der Waals surface area contributed by atoms with Gasteiger partial charge in [0.1, 0.15) is 17.6 Å². The quantitative estimate of drug-likeness (QED) is 0.743. The highest BCUT2D eigenvalue weighted by Crippen LogP contribution is 2.41. The molecule has 0 saturated carbocycles. The number of amides is 2. The first-order chi connectivity index (χ1) is 14.2. The monoisotopic (exact) mass is 419 g/mol. The van der Waals surface area contributed by atoms with Crippen LogP contribution in [0.15, 0.2) is 18.2 Å². The molecule has 0 fully saturated rings. The van der Waals surface area contributed by atoms with Crippen LogP contribution in [0, 0.1) is 17.1 Å². The second kappa shape index (κ2) is 7.32. The third-order valence-corrected chi connectivity index (χ3v) is 5.60. The predicted molar refractivity (Wildman–Crippen MR) is 100 cm³/mol. The fourth-order valence-electron chi connectivity index (χ4n) is 4.05. The molecule has 0 aliphatic carbocycles. The highest BCUT2D eigenvalue weighted by atomic mass is 19.3. The minimum atomic E-state index is -3.15. The van der Waals surface area contributed by atoms with Crippen molar-refractivity contribution in [3.8, 4) is 6.07 Å². The Morgan fingerprint density at radius 3 is 2.93 bits per heavy atom. The highest BCUT2D eigenvalue weighted by molar-refractivity contribution is 5.90. The SMILES string of the molecule is C[C@@H]1Cc2nn3c(c2CN1C(=O)Nc1ccc(F)c(C#N)c1)C(F)(F)CC[C@@H](O)C3. The number of rotatable bonds is 1. The van der Waals surface area contributed by atoms with E-state index in [1.54, 1.807) is 13.0 Å². The van der Waals surface area contributed by atoms with Gasteiger partial charge >= 0.3 is 6.03 Å². The van der Waals surface area contributed by atoms with Crippen LogP contribution in [0.4, 0.5) is 23.7 Å². The third-order valence-electron chi connectivity index (χ3n) is 5.60. The molecule has 158 valence electrons. The number of fused-ring (bicyclic) bond motifs is 3. The lowest BCUT2D eigenvalue weighted by Crippen LogP contribution is -2.45. The molecule has 1 aromatic carbocycles. The van der Waals surface area contributed by atoms with Crippen molar-refractivity contribution in [1.82, 2.24) is 14.7 Å². The minimum Gasteiger partial charge on any atom is -0.391 e. The number of aromatic nitrogens is 2. The first-order valence-electron chi connectivity index (χ1n) is 9.62. The molecule has 2 atom stereocenters. The molecule has 3 heterocycles. The fraction of sp³-hybridized carbons (Fsp3) is 0.450. The Bertz CT molecular complexity index is 1050. The number of aliphatic hydroxyl groups is 1. The number of benzene rings is 1. The zero-order valence-corrected chi connectivity index (χ0v) is 16.2. The van der Waals surface area contributed by atoms with Gasteiger partial charge in [-0.15, -0.1) is 0 Å². The molecule has 0 saturated heterocycles. The maximum Gasteiger partial charge on any atom is 0.322 e. The summed E-state index contributed by atoms with van der Waals surface area (Å²) >= 11 is 0. The van der Waals surface area contributed by atoms with E-state index in [2.05, 4.69) is 10.4 Å². The Labute approximate surface area is 170 Å². The number of hydrogen-bond donors (Lipinski definition) is 2. The lowest BCUT2D eigenvalue weighted by atomic mass is 9.96. The van der Waals surface area contributed by atoms with Gasteiger partial charge in [-0.1, -0.05) is 0 Å². The summed E-state index contributed by atoms with van der Waals surface area (Å²) < 4.78 is 44.3. The molecule has 10 heteroatoms. The van der Waals surface area contributed by atoms with E-state index in [0.717, 1.165) is 6.07 Å². The number of hydrogen-bond acceptors (Lipinski definition) is 4. The van der Waals surface area contributed by atoms with Crippen LogP contribution in [0.5, 0.6) is 0 Å². The summed E-state index contributed by atoms with van der Waals surface area (Å²) in [7, 11) is 0. The van der Waals surface area contributed by atoms with Crippen LogP contribution in [0.3, 0.4) is 0 Å². The molecule has 0 unspecified atom stereocenters. The topological polar surface area (TPSA) is 94.2 Å². The van der Waals surface area contributed by atoms with Crippen LogP contribution >= 0.6 is 0 Å². The van der Waals surface area contributed by atoms with Crippen LogP contribution in [0.1, 0.15) is 42.3 Å². The van der Waals surface area contributed by atoms with Crippen molar-refractivity contribution in [3.05, 3.63) is 46.5 Å². The number of nitrogens with one attached hydrogen (secondary N) is 1. The predicted octanol–water partition coefficient (Wildman–Crippen LogP) is 3.12. The van der Waals surface area contributed by atoms with Crippen molar-refractivity contribution in [3.63, 3.8) is 0 Å². The van der Waals surface area contributed by atoms with Gasteiger partial charge in [0.05, 0.1) is 30.5 Å². The minimum absolute atomic E-state index is 0.00891. The fourth-order valence-corrected chi connectivity index (χ4v) is 4.05. The standard InChI is InChI=1S/C20H20F3N5O2/c1-11-6-17-15(18-20(22,23)5-4-14(29)9-28(18)26-17)10-27(11)19(30)25-13-2-3-16(21)12(7-13)8-24/h2-3,7,11,14,29H,4-6,9-10H2,1H3,(H,25,30)/t11-,14-/m1/s1. The van der Waals surface area contributed by atoms with E-state index >= 15 is 0 Å². The number of urea groups is 1. The average Bonchev–Trinajstić information content (AvgIpc) is 2.99. The van der Waals surface area contributed by atoms with Crippen molar-refractivity contribution in [1.29, 1.82) is 5.26 Å². The molecule has 30 heavy (non-hydrogen) atoms. The second-order valence-corrected chi connectivity index (χ2v) is 7.77. The molecule has 4 rings (SSSR count). The van der Waals surface area contributed by atoms with E-state index in [4.69, 9.17) is 5.26 Å². The average molecular weight is 419 g/mol. The molecule has 2 aliphatic rings. The molecule has 0 spiro atoms. The molecule has 0 radical (unpaired) electrons. The van der Waals surface area contributed by atoms with Crippen molar-refractivity contribution < 1.29 is 23.1 Å². The number of carbonyl (C=O) groups is 1. The molecular weight excluding hydrogens is 399 g/mol. The van der Waals surface area contributed by atoms with Gasteiger partial charge in [0, 0.05) is 30.1 Å². The van der Waals surface area contributed by atoms with E-state index in [9.17, 15) is 23.1 Å². The first-order valence-corrected chi connectivity index (χ1v) is 9.62. The van der Waals surface area contributed by atoms with Gasteiger partial charge in [-0.3, -0.25) is 4.68 Å². The molecule has 2 amide bonds. The Morgan fingerprint density at radius 1 is 1.43 bits per heavy atom. The van der Waals surface area contributed by atoms with Crippen molar-refractivity contribution >= 4 is 11.7 Å². The Hall–Kier alpha value is -3.06. The summed E-state index contributed by atoms with van der Waals surface area (Å²) in [6, 6.07) is 4.47. The summed E-state index contributed by atoms with van der Waals surface area (Å²) in [5.74, 6) is -3.85.